The Morgan fingerprint density at radius 3 is 2.91 bits per heavy atom. The summed E-state index contributed by atoms with van der Waals surface area (Å²) in [6.45, 7) is 0. The highest BCUT2D eigenvalue weighted by atomic mass is 16.5. The molecule has 0 saturated carbocycles. The van der Waals surface area contributed by atoms with Crippen LogP contribution in [0.2, 0.25) is 0 Å². The molecule has 1 amide bonds. The van der Waals surface area contributed by atoms with E-state index in [9.17, 15) is 4.79 Å². The number of benzene rings is 1. The van der Waals surface area contributed by atoms with Crippen LogP contribution in [-0.2, 0) is 4.79 Å². The summed E-state index contributed by atoms with van der Waals surface area (Å²) in [5, 5.41) is 0. The fourth-order valence-electron chi connectivity index (χ4n) is 2.32. The Morgan fingerprint density at radius 2 is 2.14 bits per heavy atom. The van der Waals surface area contributed by atoms with E-state index in [1.807, 2.05) is 53.1 Å². The van der Waals surface area contributed by atoms with Gasteiger partial charge in [0.05, 0.1) is 18.5 Å². The van der Waals surface area contributed by atoms with Gasteiger partial charge in [0.25, 0.3) is 0 Å². The molecule has 0 spiro atoms. The number of hydrogen-bond acceptors (Lipinski definition) is 3. The molecule has 1 aromatic carbocycles. The molecular formula is C17H15N3O2. The summed E-state index contributed by atoms with van der Waals surface area (Å²) in [4.78, 5) is 15.7. The quantitative estimate of drug-likeness (QED) is 0.751. The first-order valence-electron chi connectivity index (χ1n) is 6.78. The van der Waals surface area contributed by atoms with Crippen LogP contribution in [0.4, 0.5) is 0 Å². The van der Waals surface area contributed by atoms with Gasteiger partial charge in [0.15, 0.2) is 0 Å². The maximum atomic E-state index is 11.1. The highest BCUT2D eigenvalue weighted by molar-refractivity contribution is 5.91. The Kier molecular flexibility index (Phi) is 3.62. The zero-order valence-corrected chi connectivity index (χ0v) is 12.1. The molecule has 0 bridgehead atoms. The Labute approximate surface area is 127 Å². The second kappa shape index (κ2) is 5.73. The highest BCUT2D eigenvalue weighted by Crippen LogP contribution is 2.28. The number of primary amides is 1. The maximum Gasteiger partial charge on any atom is 0.241 e. The van der Waals surface area contributed by atoms with Crippen molar-refractivity contribution in [2.75, 3.05) is 7.11 Å². The van der Waals surface area contributed by atoms with Gasteiger partial charge in [0.1, 0.15) is 11.4 Å². The minimum atomic E-state index is -0.498. The predicted molar refractivity (Wildman–Crippen MR) is 85.4 cm³/mol. The van der Waals surface area contributed by atoms with Crippen molar-refractivity contribution < 1.29 is 9.53 Å². The van der Waals surface area contributed by atoms with Crippen molar-refractivity contribution in [3.8, 4) is 17.0 Å². The standard InChI is InChI=1S/C17H15N3O2/c1-22-13-6-4-5-12(11-13)17-14(8-9-15(18)21)20-10-3-2-7-16(20)19-17/h2-11H,1H3,(H2,18,21)/b9-8-. The Hall–Kier alpha value is -3.08. The molecule has 0 radical (unpaired) electrons. The first-order chi connectivity index (χ1) is 10.7. The fourth-order valence-corrected chi connectivity index (χ4v) is 2.32. The minimum absolute atomic E-state index is 0.498. The van der Waals surface area contributed by atoms with Crippen LogP contribution in [0.5, 0.6) is 5.75 Å². The molecule has 0 aliphatic carbocycles. The van der Waals surface area contributed by atoms with Gasteiger partial charge in [-0.15, -0.1) is 0 Å². The molecule has 0 unspecified atom stereocenters. The number of carbonyl (C=O) groups is 1. The van der Waals surface area contributed by atoms with Gasteiger partial charge in [-0.3, -0.25) is 9.20 Å². The number of hydrogen-bond donors (Lipinski definition) is 1. The average Bonchev–Trinajstić information content (AvgIpc) is 2.91. The SMILES string of the molecule is COc1cccc(-c2nc3ccccn3c2/C=C\C(N)=O)c1. The van der Waals surface area contributed by atoms with Crippen molar-refractivity contribution in [1.82, 2.24) is 9.38 Å². The van der Waals surface area contributed by atoms with Gasteiger partial charge in [0.2, 0.25) is 5.91 Å². The van der Waals surface area contributed by atoms with Gasteiger partial charge in [-0.1, -0.05) is 18.2 Å². The molecule has 0 saturated heterocycles. The lowest BCUT2D eigenvalue weighted by Crippen LogP contribution is -2.05. The smallest absolute Gasteiger partial charge is 0.241 e. The van der Waals surface area contributed by atoms with E-state index in [1.165, 1.54) is 6.08 Å². The van der Waals surface area contributed by atoms with Crippen molar-refractivity contribution in [2.24, 2.45) is 5.73 Å². The van der Waals surface area contributed by atoms with E-state index in [4.69, 9.17) is 10.5 Å². The summed E-state index contributed by atoms with van der Waals surface area (Å²) in [6, 6.07) is 13.4. The van der Waals surface area contributed by atoms with E-state index in [2.05, 4.69) is 4.98 Å². The molecule has 3 aromatic rings. The lowest BCUT2D eigenvalue weighted by atomic mass is 10.1. The molecule has 110 valence electrons. The van der Waals surface area contributed by atoms with E-state index in [0.717, 1.165) is 28.3 Å². The third kappa shape index (κ3) is 2.56. The molecule has 3 rings (SSSR count). The van der Waals surface area contributed by atoms with Crippen molar-refractivity contribution in [3.63, 3.8) is 0 Å². The van der Waals surface area contributed by atoms with Crippen molar-refractivity contribution in [2.45, 2.75) is 0 Å². The summed E-state index contributed by atoms with van der Waals surface area (Å²) in [5.74, 6) is 0.252. The topological polar surface area (TPSA) is 69.6 Å². The van der Waals surface area contributed by atoms with Crippen LogP contribution in [-0.4, -0.2) is 22.4 Å². The molecule has 22 heavy (non-hydrogen) atoms. The second-order valence-electron chi connectivity index (χ2n) is 4.74. The summed E-state index contributed by atoms with van der Waals surface area (Å²) >= 11 is 0. The third-order valence-electron chi connectivity index (χ3n) is 3.32. The van der Waals surface area contributed by atoms with E-state index >= 15 is 0 Å². The summed E-state index contributed by atoms with van der Waals surface area (Å²) in [5.41, 5.74) is 8.48. The molecule has 2 aromatic heterocycles. The predicted octanol–water partition coefficient (Wildman–Crippen LogP) is 2.51. The van der Waals surface area contributed by atoms with E-state index < -0.39 is 5.91 Å². The van der Waals surface area contributed by atoms with Gasteiger partial charge in [0, 0.05) is 17.8 Å². The Morgan fingerprint density at radius 1 is 1.27 bits per heavy atom. The molecule has 0 aliphatic rings. The van der Waals surface area contributed by atoms with E-state index in [1.54, 1.807) is 13.2 Å². The average molecular weight is 293 g/mol. The van der Waals surface area contributed by atoms with Crippen LogP contribution in [0.1, 0.15) is 5.69 Å². The summed E-state index contributed by atoms with van der Waals surface area (Å²) in [6.07, 6.45) is 4.91. The van der Waals surface area contributed by atoms with Crippen LogP contribution in [0, 0.1) is 0 Å². The van der Waals surface area contributed by atoms with E-state index in [-0.39, 0.29) is 0 Å². The zero-order chi connectivity index (χ0) is 15.5. The van der Waals surface area contributed by atoms with Crippen LogP contribution in [0.25, 0.3) is 23.0 Å². The highest BCUT2D eigenvalue weighted by Gasteiger charge is 2.12. The number of nitrogens with two attached hydrogens (primary N) is 1. The van der Waals surface area contributed by atoms with Gasteiger partial charge >= 0.3 is 0 Å². The van der Waals surface area contributed by atoms with Crippen LogP contribution in [0.15, 0.2) is 54.7 Å². The molecular weight excluding hydrogens is 278 g/mol. The maximum absolute atomic E-state index is 11.1. The van der Waals surface area contributed by atoms with Crippen molar-refractivity contribution in [1.29, 1.82) is 0 Å². The fraction of sp³-hybridized carbons (Fsp3) is 0.0588. The number of fused-ring (bicyclic) bond motifs is 1. The molecule has 5 nitrogen and oxygen atoms in total. The number of amides is 1. The van der Waals surface area contributed by atoms with Crippen LogP contribution >= 0.6 is 0 Å². The lowest BCUT2D eigenvalue weighted by Gasteiger charge is -2.03. The molecule has 0 aliphatic heterocycles. The lowest BCUT2D eigenvalue weighted by molar-refractivity contribution is -0.113. The van der Waals surface area contributed by atoms with E-state index in [0.29, 0.717) is 0 Å². The summed E-state index contributed by atoms with van der Waals surface area (Å²) < 4.78 is 7.17. The first-order valence-corrected chi connectivity index (χ1v) is 6.78. The normalized spacial score (nSPS) is 11.1. The Balaban J connectivity index is 2.23. The van der Waals surface area contributed by atoms with Gasteiger partial charge in [-0.05, 0) is 30.3 Å². The zero-order valence-electron chi connectivity index (χ0n) is 12.1. The van der Waals surface area contributed by atoms with Gasteiger partial charge in [-0.2, -0.15) is 0 Å². The number of methoxy groups -OCH3 is 1. The number of aromatic nitrogens is 2. The number of imidazole rings is 1. The molecule has 2 N–H and O–H groups in total. The molecule has 0 fully saturated rings. The van der Waals surface area contributed by atoms with Crippen LogP contribution < -0.4 is 10.5 Å². The van der Waals surface area contributed by atoms with Crippen molar-refractivity contribution >= 4 is 17.6 Å². The van der Waals surface area contributed by atoms with Crippen molar-refractivity contribution in [3.05, 3.63) is 60.4 Å². The number of carbonyl (C=O) groups excluding carboxylic acids is 1. The Bertz CT molecular complexity index is 865. The minimum Gasteiger partial charge on any atom is -0.497 e. The number of nitrogens with zero attached hydrogens (tertiary/aromatic N) is 2. The summed E-state index contributed by atoms with van der Waals surface area (Å²) in [7, 11) is 1.62. The second-order valence-corrected chi connectivity index (χ2v) is 4.74. The number of ether oxygens (including phenoxy) is 1. The molecule has 5 heteroatoms. The monoisotopic (exact) mass is 293 g/mol. The number of pyridine rings is 1. The largest absolute Gasteiger partial charge is 0.497 e. The van der Waals surface area contributed by atoms with Crippen LogP contribution in [0.3, 0.4) is 0 Å². The molecule has 0 atom stereocenters. The van der Waals surface area contributed by atoms with Gasteiger partial charge < -0.3 is 10.5 Å². The molecule has 2 heterocycles. The van der Waals surface area contributed by atoms with Gasteiger partial charge in [-0.25, -0.2) is 4.98 Å². The number of rotatable bonds is 4. The first kappa shape index (κ1) is 13.9. The third-order valence-corrected chi connectivity index (χ3v) is 3.32.